The number of hydrogen-bond donors (Lipinski definition) is 1. The monoisotopic (exact) mass is 644 g/mol. The summed E-state index contributed by atoms with van der Waals surface area (Å²) in [6.45, 7) is 10.1. The van der Waals surface area contributed by atoms with E-state index in [9.17, 15) is 23.2 Å². The SMILES string of the molecule is CCC(=O)N1CCN(CCN2C(C#N)=CC3CC(CN4CCC(Nc5ncnc6sc(CC(F)(F)F)cc56)CC4)CCC32)CC1. The fraction of sp³-hybridized carbons (Fsp3) is 0.688. The normalized spacial score (nSPS) is 25.3. The van der Waals surface area contributed by atoms with Crippen molar-refractivity contribution in [2.45, 2.75) is 70.1 Å². The first-order chi connectivity index (χ1) is 21.7. The molecule has 1 N–H and O–H groups in total. The highest BCUT2D eigenvalue weighted by Gasteiger charge is 2.40. The van der Waals surface area contributed by atoms with Crippen LogP contribution in [0.5, 0.6) is 0 Å². The van der Waals surface area contributed by atoms with Gasteiger partial charge in [0.05, 0.1) is 11.8 Å². The van der Waals surface area contributed by atoms with Gasteiger partial charge in [0.1, 0.15) is 28.7 Å². The number of piperazine rings is 1. The minimum absolute atomic E-state index is 0.223. The number of likely N-dealkylation sites (tertiary alicyclic amines) is 1. The van der Waals surface area contributed by atoms with Gasteiger partial charge in [-0.15, -0.1) is 11.3 Å². The molecule has 4 aliphatic rings. The Labute approximate surface area is 267 Å². The van der Waals surface area contributed by atoms with E-state index < -0.39 is 12.6 Å². The van der Waals surface area contributed by atoms with E-state index in [1.807, 2.05) is 11.8 Å². The maximum absolute atomic E-state index is 12.9. The number of nitrogens with zero attached hydrogens (tertiary/aromatic N) is 7. The van der Waals surface area contributed by atoms with E-state index in [1.54, 1.807) is 6.07 Å². The third-order valence-electron chi connectivity index (χ3n) is 10.1. The number of rotatable bonds is 9. The third kappa shape index (κ3) is 7.72. The molecule has 3 atom stereocenters. The molecule has 1 amide bonds. The van der Waals surface area contributed by atoms with Crippen LogP contribution in [0.3, 0.4) is 0 Å². The molecule has 45 heavy (non-hydrogen) atoms. The molecule has 2 aromatic heterocycles. The molecule has 9 nitrogen and oxygen atoms in total. The maximum Gasteiger partial charge on any atom is 0.393 e. The van der Waals surface area contributed by atoms with Gasteiger partial charge in [0.2, 0.25) is 5.91 Å². The van der Waals surface area contributed by atoms with E-state index in [0.717, 1.165) is 108 Å². The van der Waals surface area contributed by atoms with Crippen molar-refractivity contribution in [1.29, 1.82) is 5.26 Å². The molecule has 244 valence electrons. The average molecular weight is 645 g/mol. The van der Waals surface area contributed by atoms with Crippen molar-refractivity contribution in [2.24, 2.45) is 11.8 Å². The number of hydrogen-bond acceptors (Lipinski definition) is 9. The minimum atomic E-state index is -4.24. The van der Waals surface area contributed by atoms with Crippen LogP contribution in [0.2, 0.25) is 0 Å². The lowest BCUT2D eigenvalue weighted by Crippen LogP contribution is -2.51. The smallest absolute Gasteiger partial charge is 0.367 e. The molecule has 6 rings (SSSR count). The van der Waals surface area contributed by atoms with Crippen LogP contribution < -0.4 is 5.32 Å². The highest BCUT2D eigenvalue weighted by atomic mass is 32.1. The van der Waals surface area contributed by atoms with Gasteiger partial charge in [-0.2, -0.15) is 18.4 Å². The number of halogens is 3. The molecule has 0 bridgehead atoms. The van der Waals surface area contributed by atoms with Crippen LogP contribution in [0.15, 0.2) is 24.2 Å². The molecule has 2 saturated heterocycles. The van der Waals surface area contributed by atoms with Crippen molar-refractivity contribution >= 4 is 33.3 Å². The van der Waals surface area contributed by atoms with Crippen LogP contribution in [0.1, 0.15) is 50.3 Å². The van der Waals surface area contributed by atoms with Crippen LogP contribution in [0, 0.1) is 23.2 Å². The number of nitriles is 1. The minimum Gasteiger partial charge on any atom is -0.367 e. The second-order valence-electron chi connectivity index (χ2n) is 13.0. The van der Waals surface area contributed by atoms with Gasteiger partial charge in [-0.1, -0.05) is 6.92 Å². The summed E-state index contributed by atoms with van der Waals surface area (Å²) in [5, 5.41) is 14.1. The number of anilines is 1. The molecule has 1 saturated carbocycles. The predicted octanol–water partition coefficient (Wildman–Crippen LogP) is 4.73. The Balaban J connectivity index is 0.954. The van der Waals surface area contributed by atoms with Gasteiger partial charge in [0, 0.05) is 88.2 Å². The molecule has 3 unspecified atom stereocenters. The Morgan fingerprint density at radius 3 is 2.56 bits per heavy atom. The number of aromatic nitrogens is 2. The van der Waals surface area contributed by atoms with Crippen molar-refractivity contribution in [3.05, 3.63) is 29.0 Å². The summed E-state index contributed by atoms with van der Waals surface area (Å²) in [4.78, 5) is 30.7. The molecular weight excluding hydrogens is 601 g/mol. The molecule has 2 aromatic rings. The molecular formula is C32H43F3N8OS. The fourth-order valence-corrected chi connectivity index (χ4v) is 8.72. The van der Waals surface area contributed by atoms with Crippen LogP contribution in [0.4, 0.5) is 19.0 Å². The van der Waals surface area contributed by atoms with Gasteiger partial charge in [0.15, 0.2) is 0 Å². The first-order valence-corrected chi connectivity index (χ1v) is 17.2. The molecule has 13 heteroatoms. The standard InChI is InChI=1S/C32H43F3N8OS/c1-2-29(44)42-12-9-40(10-13-42)11-14-43-25(19-36)16-23-15-22(3-4-28(23)43)20-41-7-5-24(6-8-41)39-30-27-17-26(18-32(33,34)35)45-31(27)38-21-37-30/h16-17,21-24,28H,2-15,18,20H2,1H3,(H,37,38,39). The zero-order valence-corrected chi connectivity index (χ0v) is 26.8. The summed E-state index contributed by atoms with van der Waals surface area (Å²) in [5.74, 6) is 1.89. The number of carbonyl (C=O) groups is 1. The zero-order valence-electron chi connectivity index (χ0n) is 25.9. The van der Waals surface area contributed by atoms with Gasteiger partial charge in [-0.05, 0) is 50.2 Å². The van der Waals surface area contributed by atoms with Crippen LogP contribution in [-0.4, -0.2) is 113 Å². The summed E-state index contributed by atoms with van der Waals surface area (Å²) in [6, 6.07) is 4.68. The largest absolute Gasteiger partial charge is 0.393 e. The van der Waals surface area contributed by atoms with E-state index in [2.05, 4.69) is 42.1 Å². The summed E-state index contributed by atoms with van der Waals surface area (Å²) in [5.41, 5.74) is 0.826. The molecule has 0 aromatic carbocycles. The summed E-state index contributed by atoms with van der Waals surface area (Å²) in [7, 11) is 0. The number of allylic oxidation sites excluding steroid dienone is 1. The molecule has 0 radical (unpaired) electrons. The van der Waals surface area contributed by atoms with E-state index >= 15 is 0 Å². The highest BCUT2D eigenvalue weighted by molar-refractivity contribution is 7.18. The van der Waals surface area contributed by atoms with E-state index in [-0.39, 0.29) is 16.8 Å². The third-order valence-corrected chi connectivity index (χ3v) is 11.1. The molecule has 3 fully saturated rings. The first-order valence-electron chi connectivity index (χ1n) is 16.4. The van der Waals surface area contributed by atoms with E-state index in [4.69, 9.17) is 0 Å². The summed E-state index contributed by atoms with van der Waals surface area (Å²) >= 11 is 1.08. The highest BCUT2D eigenvalue weighted by Crippen LogP contribution is 2.40. The Kier molecular flexibility index (Phi) is 9.82. The Bertz CT molecular complexity index is 1410. The summed E-state index contributed by atoms with van der Waals surface area (Å²) in [6.07, 6.45) is 4.32. The fourth-order valence-electron chi connectivity index (χ4n) is 7.69. The van der Waals surface area contributed by atoms with Crippen LogP contribution >= 0.6 is 11.3 Å². The topological polar surface area (TPSA) is 91.6 Å². The van der Waals surface area contributed by atoms with Gasteiger partial charge in [-0.25, -0.2) is 9.97 Å². The second kappa shape index (κ2) is 13.8. The van der Waals surface area contributed by atoms with Gasteiger partial charge in [0.25, 0.3) is 0 Å². The lowest BCUT2D eigenvalue weighted by atomic mass is 9.78. The van der Waals surface area contributed by atoms with Gasteiger partial charge in [-0.3, -0.25) is 9.69 Å². The lowest BCUT2D eigenvalue weighted by Gasteiger charge is -2.41. The number of thiophene rings is 1. The second-order valence-corrected chi connectivity index (χ2v) is 14.1. The van der Waals surface area contributed by atoms with E-state index in [1.165, 1.54) is 6.33 Å². The molecule has 0 spiro atoms. The van der Waals surface area contributed by atoms with Crippen molar-refractivity contribution < 1.29 is 18.0 Å². The van der Waals surface area contributed by atoms with Crippen molar-refractivity contribution in [2.75, 3.05) is 64.2 Å². The molecule has 1 aliphatic carbocycles. The number of carbonyl (C=O) groups excluding carboxylic acids is 1. The average Bonchev–Trinajstić information content (AvgIpc) is 3.60. The quantitative estimate of drug-likeness (QED) is 0.419. The van der Waals surface area contributed by atoms with Gasteiger partial charge >= 0.3 is 6.18 Å². The number of nitrogens with one attached hydrogen (secondary N) is 1. The van der Waals surface area contributed by atoms with Crippen LogP contribution in [0.25, 0.3) is 10.2 Å². The van der Waals surface area contributed by atoms with Crippen molar-refractivity contribution in [3.63, 3.8) is 0 Å². The Hall–Kier alpha value is -2.95. The predicted molar refractivity (Wildman–Crippen MR) is 169 cm³/mol. The number of amides is 1. The Morgan fingerprint density at radius 1 is 1.07 bits per heavy atom. The molecule has 3 aliphatic heterocycles. The van der Waals surface area contributed by atoms with Crippen molar-refractivity contribution in [3.8, 4) is 6.07 Å². The maximum atomic E-state index is 12.9. The Morgan fingerprint density at radius 2 is 1.84 bits per heavy atom. The lowest BCUT2D eigenvalue weighted by molar-refractivity contribution is -0.132. The molecule has 5 heterocycles. The van der Waals surface area contributed by atoms with Crippen LogP contribution in [-0.2, 0) is 11.2 Å². The number of piperidine rings is 1. The number of alkyl halides is 3. The zero-order chi connectivity index (χ0) is 31.6. The first kappa shape index (κ1) is 32.0. The van der Waals surface area contributed by atoms with Crippen molar-refractivity contribution in [1.82, 2.24) is 29.6 Å². The summed E-state index contributed by atoms with van der Waals surface area (Å²) < 4.78 is 38.8. The number of fused-ring (bicyclic) bond motifs is 2. The van der Waals surface area contributed by atoms with E-state index in [0.29, 0.717) is 40.3 Å². The van der Waals surface area contributed by atoms with Gasteiger partial charge < -0.3 is 20.0 Å².